The van der Waals surface area contributed by atoms with Gasteiger partial charge >= 0.3 is 0 Å². The molecular formula is C23H20ClN3O. The van der Waals surface area contributed by atoms with Crippen molar-refractivity contribution in [3.8, 4) is 11.3 Å². The number of hydrogen-bond acceptors (Lipinski definition) is 2. The molecule has 0 radical (unpaired) electrons. The van der Waals surface area contributed by atoms with Crippen molar-refractivity contribution in [3.63, 3.8) is 0 Å². The van der Waals surface area contributed by atoms with Crippen LogP contribution in [-0.4, -0.2) is 15.5 Å². The third-order valence-electron chi connectivity index (χ3n) is 5.11. The predicted molar refractivity (Wildman–Crippen MR) is 114 cm³/mol. The molecule has 0 fully saturated rings. The van der Waals surface area contributed by atoms with Gasteiger partial charge in [-0.05, 0) is 43.7 Å². The van der Waals surface area contributed by atoms with Crippen molar-refractivity contribution in [2.24, 2.45) is 5.73 Å². The van der Waals surface area contributed by atoms with Crippen molar-refractivity contribution in [2.45, 2.75) is 20.4 Å². The second-order valence-corrected chi connectivity index (χ2v) is 7.33. The summed E-state index contributed by atoms with van der Waals surface area (Å²) in [6, 6.07) is 19.6. The van der Waals surface area contributed by atoms with Gasteiger partial charge in [-0.25, -0.2) is 4.98 Å². The van der Waals surface area contributed by atoms with Crippen LogP contribution in [0.4, 0.5) is 0 Å². The number of rotatable bonds is 4. The van der Waals surface area contributed by atoms with Crippen LogP contribution in [0.2, 0.25) is 5.02 Å². The zero-order valence-electron chi connectivity index (χ0n) is 15.7. The van der Waals surface area contributed by atoms with Crippen LogP contribution < -0.4 is 5.73 Å². The molecule has 4 aromatic rings. The van der Waals surface area contributed by atoms with Crippen molar-refractivity contribution in [1.29, 1.82) is 0 Å². The number of fused-ring (bicyclic) bond motifs is 1. The number of carbonyl (C=O) groups is 1. The smallest absolute Gasteiger partial charge is 0.251 e. The number of nitrogens with zero attached hydrogens (tertiary/aromatic N) is 2. The highest BCUT2D eigenvalue weighted by Gasteiger charge is 2.23. The van der Waals surface area contributed by atoms with Crippen molar-refractivity contribution in [3.05, 3.63) is 88.2 Å². The molecule has 1 amide bonds. The van der Waals surface area contributed by atoms with E-state index in [1.165, 1.54) is 0 Å². The lowest BCUT2D eigenvalue weighted by molar-refractivity contribution is 0.1000. The van der Waals surface area contributed by atoms with E-state index in [1.54, 1.807) is 0 Å². The van der Waals surface area contributed by atoms with Crippen LogP contribution in [0.15, 0.2) is 60.7 Å². The number of hydrogen-bond donors (Lipinski definition) is 1. The number of halogens is 1. The number of benzene rings is 2. The molecule has 0 aliphatic heterocycles. The third-order valence-corrected chi connectivity index (χ3v) is 5.35. The summed E-state index contributed by atoms with van der Waals surface area (Å²) in [4.78, 5) is 17.1. The fourth-order valence-corrected chi connectivity index (χ4v) is 3.97. The van der Waals surface area contributed by atoms with Crippen molar-refractivity contribution in [1.82, 2.24) is 9.55 Å². The molecule has 0 unspecified atom stereocenters. The third kappa shape index (κ3) is 3.16. The standard InChI is InChI=1S/C23H20ClN3O/c1-14-21(20-11-10-17-7-3-4-9-19(17)26-20)22(23(25)28)15(2)27(14)13-16-6-5-8-18(24)12-16/h3-12H,13H2,1-2H3,(H2,25,28). The molecule has 2 aromatic carbocycles. The Bertz CT molecular complexity index is 1210. The molecule has 2 N–H and O–H groups in total. The van der Waals surface area contributed by atoms with E-state index >= 15 is 0 Å². The van der Waals surface area contributed by atoms with Gasteiger partial charge in [0, 0.05) is 33.9 Å². The molecule has 140 valence electrons. The summed E-state index contributed by atoms with van der Waals surface area (Å²) in [7, 11) is 0. The highest BCUT2D eigenvalue weighted by Crippen LogP contribution is 2.33. The highest BCUT2D eigenvalue weighted by molar-refractivity contribution is 6.30. The van der Waals surface area contributed by atoms with Gasteiger partial charge in [-0.1, -0.05) is 48.0 Å². The van der Waals surface area contributed by atoms with Gasteiger partial charge in [0.15, 0.2) is 0 Å². The number of primary amides is 1. The van der Waals surface area contributed by atoms with Crippen molar-refractivity contribution in [2.75, 3.05) is 0 Å². The molecule has 0 atom stereocenters. The summed E-state index contributed by atoms with van der Waals surface area (Å²) < 4.78 is 2.10. The lowest BCUT2D eigenvalue weighted by Crippen LogP contribution is -2.14. The van der Waals surface area contributed by atoms with Crippen molar-refractivity contribution >= 4 is 28.4 Å². The highest BCUT2D eigenvalue weighted by atomic mass is 35.5. The summed E-state index contributed by atoms with van der Waals surface area (Å²) in [5, 5.41) is 1.74. The minimum atomic E-state index is -0.449. The summed E-state index contributed by atoms with van der Waals surface area (Å²) in [6.45, 7) is 4.52. The summed E-state index contributed by atoms with van der Waals surface area (Å²) >= 11 is 6.14. The van der Waals surface area contributed by atoms with Crippen molar-refractivity contribution < 1.29 is 4.79 Å². The van der Waals surface area contributed by atoms with Crippen LogP contribution >= 0.6 is 11.6 Å². The Morgan fingerprint density at radius 3 is 2.57 bits per heavy atom. The summed E-state index contributed by atoms with van der Waals surface area (Å²) in [5.41, 5.74) is 11.5. The summed E-state index contributed by atoms with van der Waals surface area (Å²) in [6.07, 6.45) is 0. The van der Waals surface area contributed by atoms with Gasteiger partial charge in [-0.15, -0.1) is 0 Å². The van der Waals surface area contributed by atoms with E-state index < -0.39 is 5.91 Å². The molecule has 0 bridgehead atoms. The molecule has 4 rings (SSSR count). The van der Waals surface area contributed by atoms with E-state index in [0.29, 0.717) is 17.1 Å². The molecular weight excluding hydrogens is 370 g/mol. The average Bonchev–Trinajstić information content (AvgIpc) is 2.92. The number of aromatic nitrogens is 2. The molecule has 0 spiro atoms. The predicted octanol–water partition coefficient (Wildman–Crippen LogP) is 5.12. The SMILES string of the molecule is Cc1c(C(N)=O)c(-c2ccc3ccccc3n2)c(C)n1Cc1cccc(Cl)c1. The van der Waals surface area contributed by atoms with E-state index in [0.717, 1.165) is 39.1 Å². The molecule has 5 heteroatoms. The lowest BCUT2D eigenvalue weighted by atomic mass is 10.0. The molecule has 28 heavy (non-hydrogen) atoms. The Hall–Kier alpha value is -3.11. The normalized spacial score (nSPS) is 11.1. The monoisotopic (exact) mass is 389 g/mol. The van der Waals surface area contributed by atoms with Gasteiger partial charge < -0.3 is 10.3 Å². The van der Waals surface area contributed by atoms with Crippen LogP contribution in [0.3, 0.4) is 0 Å². The van der Waals surface area contributed by atoms with Gasteiger partial charge in [0.05, 0.1) is 16.8 Å². The minimum absolute atomic E-state index is 0.449. The van der Waals surface area contributed by atoms with E-state index in [1.807, 2.05) is 74.5 Å². The van der Waals surface area contributed by atoms with Gasteiger partial charge in [0.1, 0.15) is 0 Å². The first-order chi connectivity index (χ1) is 13.5. The Morgan fingerprint density at radius 1 is 1.04 bits per heavy atom. The largest absolute Gasteiger partial charge is 0.366 e. The molecule has 0 saturated heterocycles. The summed E-state index contributed by atoms with van der Waals surface area (Å²) in [5.74, 6) is -0.449. The van der Waals surface area contributed by atoms with Crippen LogP contribution in [0.1, 0.15) is 27.3 Å². The molecule has 4 nitrogen and oxygen atoms in total. The molecule has 2 heterocycles. The number of para-hydroxylation sites is 1. The Kier molecular flexibility index (Phi) is 4.65. The quantitative estimate of drug-likeness (QED) is 0.526. The maximum Gasteiger partial charge on any atom is 0.251 e. The van der Waals surface area contributed by atoms with E-state index in [2.05, 4.69) is 4.57 Å². The number of carbonyl (C=O) groups excluding carboxylic acids is 1. The average molecular weight is 390 g/mol. The topological polar surface area (TPSA) is 60.9 Å². The first-order valence-electron chi connectivity index (χ1n) is 9.06. The number of pyridine rings is 1. The molecule has 2 aromatic heterocycles. The Morgan fingerprint density at radius 2 is 1.82 bits per heavy atom. The zero-order chi connectivity index (χ0) is 19.8. The van der Waals surface area contributed by atoms with Crippen LogP contribution in [-0.2, 0) is 6.54 Å². The fraction of sp³-hybridized carbons (Fsp3) is 0.130. The van der Waals surface area contributed by atoms with Crippen LogP contribution in [0, 0.1) is 13.8 Å². The minimum Gasteiger partial charge on any atom is -0.366 e. The Labute approximate surface area is 168 Å². The Balaban J connectivity index is 1.89. The molecule has 0 aliphatic carbocycles. The van der Waals surface area contributed by atoms with E-state index in [4.69, 9.17) is 22.3 Å². The van der Waals surface area contributed by atoms with E-state index in [9.17, 15) is 4.79 Å². The van der Waals surface area contributed by atoms with E-state index in [-0.39, 0.29) is 0 Å². The van der Waals surface area contributed by atoms with Gasteiger partial charge in [0.2, 0.25) is 0 Å². The second-order valence-electron chi connectivity index (χ2n) is 6.89. The van der Waals surface area contributed by atoms with Gasteiger partial charge in [0.25, 0.3) is 5.91 Å². The van der Waals surface area contributed by atoms with Gasteiger partial charge in [-0.2, -0.15) is 0 Å². The molecule has 0 saturated carbocycles. The number of nitrogens with two attached hydrogens (primary N) is 1. The van der Waals surface area contributed by atoms with Crippen LogP contribution in [0.25, 0.3) is 22.2 Å². The molecule has 0 aliphatic rings. The van der Waals surface area contributed by atoms with Gasteiger partial charge in [-0.3, -0.25) is 4.79 Å². The lowest BCUT2D eigenvalue weighted by Gasteiger charge is -2.10. The van der Waals surface area contributed by atoms with Crippen LogP contribution in [0.5, 0.6) is 0 Å². The first kappa shape index (κ1) is 18.3. The maximum absolute atomic E-state index is 12.3. The second kappa shape index (κ2) is 7.13. The fourth-order valence-electron chi connectivity index (χ4n) is 3.76. The first-order valence-corrected chi connectivity index (χ1v) is 9.43. The zero-order valence-corrected chi connectivity index (χ0v) is 16.5. The number of amides is 1. The maximum atomic E-state index is 12.3.